The van der Waals surface area contributed by atoms with E-state index in [1.54, 1.807) is 6.20 Å². The lowest BCUT2D eigenvalue weighted by molar-refractivity contribution is -0.115. The molecular weight excluding hydrogens is 288 g/mol. The quantitative estimate of drug-likeness (QED) is 0.942. The monoisotopic (exact) mass is 306 g/mol. The van der Waals surface area contributed by atoms with Gasteiger partial charge in [-0.15, -0.1) is 0 Å². The van der Waals surface area contributed by atoms with Crippen molar-refractivity contribution in [2.45, 2.75) is 25.9 Å². The van der Waals surface area contributed by atoms with Gasteiger partial charge in [0.15, 0.2) is 0 Å². The van der Waals surface area contributed by atoms with E-state index in [4.69, 9.17) is 5.26 Å². The van der Waals surface area contributed by atoms with Crippen LogP contribution in [0.25, 0.3) is 0 Å². The highest BCUT2D eigenvalue weighted by molar-refractivity contribution is 5.92. The summed E-state index contributed by atoms with van der Waals surface area (Å²) in [5, 5.41) is 11.4. The summed E-state index contributed by atoms with van der Waals surface area (Å²) in [4.78, 5) is 18.2. The topological polar surface area (TPSA) is 69.0 Å². The molecule has 3 rings (SSSR count). The minimum atomic E-state index is -0.283. The van der Waals surface area contributed by atoms with Gasteiger partial charge in [-0.05, 0) is 23.1 Å². The van der Waals surface area contributed by atoms with Gasteiger partial charge in [-0.1, -0.05) is 30.3 Å². The minimum Gasteiger partial charge on any atom is -0.324 e. The minimum absolute atomic E-state index is 0.135. The Balaban J connectivity index is 1.72. The number of aromatic nitrogens is 1. The van der Waals surface area contributed by atoms with Crippen LogP contribution in [0.15, 0.2) is 42.7 Å². The third-order valence-electron chi connectivity index (χ3n) is 3.98. The third-order valence-corrected chi connectivity index (χ3v) is 3.98. The highest BCUT2D eigenvalue weighted by Crippen LogP contribution is 2.26. The second kappa shape index (κ2) is 7.03. The van der Waals surface area contributed by atoms with Crippen molar-refractivity contribution in [2.75, 3.05) is 11.9 Å². The van der Waals surface area contributed by atoms with Gasteiger partial charge in [0.2, 0.25) is 5.91 Å². The summed E-state index contributed by atoms with van der Waals surface area (Å²) < 4.78 is 0. The Kier molecular flexibility index (Phi) is 4.65. The van der Waals surface area contributed by atoms with Crippen molar-refractivity contribution in [1.82, 2.24) is 9.88 Å². The van der Waals surface area contributed by atoms with Gasteiger partial charge < -0.3 is 5.32 Å². The number of nitriles is 1. The van der Waals surface area contributed by atoms with Crippen LogP contribution in [0.5, 0.6) is 0 Å². The molecule has 0 saturated heterocycles. The number of carbonyl (C=O) groups is 1. The van der Waals surface area contributed by atoms with Gasteiger partial charge in [-0.2, -0.15) is 5.26 Å². The maximum atomic E-state index is 11.6. The second-order valence-electron chi connectivity index (χ2n) is 5.65. The van der Waals surface area contributed by atoms with Gasteiger partial charge in [0.25, 0.3) is 0 Å². The molecule has 1 aliphatic rings. The number of pyridine rings is 1. The number of anilines is 1. The number of hydrogen-bond acceptors (Lipinski definition) is 4. The Hall–Kier alpha value is -2.71. The van der Waals surface area contributed by atoms with E-state index in [1.807, 2.05) is 18.3 Å². The van der Waals surface area contributed by atoms with E-state index in [2.05, 4.69) is 39.5 Å². The maximum Gasteiger partial charge on any atom is 0.238 e. The molecule has 1 amide bonds. The van der Waals surface area contributed by atoms with Gasteiger partial charge in [0.05, 0.1) is 18.0 Å². The first kappa shape index (κ1) is 15.2. The smallest absolute Gasteiger partial charge is 0.238 e. The number of nitrogens with one attached hydrogen (secondary N) is 1. The average Bonchev–Trinajstić information content (AvgIpc) is 2.56. The average molecular weight is 306 g/mol. The Morgan fingerprint density at radius 3 is 2.91 bits per heavy atom. The van der Waals surface area contributed by atoms with Crippen molar-refractivity contribution in [1.29, 1.82) is 5.26 Å². The summed E-state index contributed by atoms with van der Waals surface area (Å²) in [6.45, 7) is 2.66. The molecule has 2 aromatic rings. The lowest BCUT2D eigenvalue weighted by Crippen LogP contribution is -2.31. The van der Waals surface area contributed by atoms with Gasteiger partial charge in [-0.3, -0.25) is 14.7 Å². The van der Waals surface area contributed by atoms with E-state index in [1.165, 1.54) is 5.56 Å². The van der Waals surface area contributed by atoms with Crippen LogP contribution in [0.2, 0.25) is 0 Å². The Morgan fingerprint density at radius 1 is 1.30 bits per heavy atom. The van der Waals surface area contributed by atoms with E-state index in [0.717, 1.165) is 42.9 Å². The summed E-state index contributed by atoms with van der Waals surface area (Å²) in [5.41, 5.74) is 4.31. The van der Waals surface area contributed by atoms with Gasteiger partial charge >= 0.3 is 0 Å². The Morgan fingerprint density at radius 2 is 2.13 bits per heavy atom. The molecule has 2 heterocycles. The van der Waals surface area contributed by atoms with Crippen molar-refractivity contribution in [2.24, 2.45) is 0 Å². The van der Waals surface area contributed by atoms with Gasteiger partial charge in [-0.25, -0.2) is 0 Å². The molecule has 0 spiro atoms. The normalized spacial score (nSPS) is 13.9. The van der Waals surface area contributed by atoms with Crippen molar-refractivity contribution in [3.63, 3.8) is 0 Å². The first-order valence-electron chi connectivity index (χ1n) is 7.65. The second-order valence-corrected chi connectivity index (χ2v) is 5.65. The molecule has 23 heavy (non-hydrogen) atoms. The van der Waals surface area contributed by atoms with Crippen LogP contribution in [0.3, 0.4) is 0 Å². The van der Waals surface area contributed by atoms with Crippen LogP contribution < -0.4 is 5.32 Å². The van der Waals surface area contributed by atoms with Crippen LogP contribution in [0, 0.1) is 11.3 Å². The lowest BCUT2D eigenvalue weighted by Gasteiger charge is -2.29. The zero-order valence-electron chi connectivity index (χ0n) is 12.8. The molecule has 0 radical (unpaired) electrons. The summed E-state index contributed by atoms with van der Waals surface area (Å²) in [7, 11) is 0. The molecule has 0 fully saturated rings. The Bertz CT molecular complexity index is 736. The SMILES string of the molecule is N#CCC(=O)Nc1cncc2c1CCN(Cc1ccccc1)C2. The van der Waals surface area contributed by atoms with E-state index in [-0.39, 0.29) is 12.3 Å². The zero-order chi connectivity index (χ0) is 16.1. The van der Waals surface area contributed by atoms with Crippen molar-refractivity contribution < 1.29 is 4.79 Å². The van der Waals surface area contributed by atoms with Crippen LogP contribution >= 0.6 is 0 Å². The van der Waals surface area contributed by atoms with Crippen molar-refractivity contribution in [3.8, 4) is 6.07 Å². The summed E-state index contributed by atoms with van der Waals surface area (Å²) in [6, 6.07) is 12.3. The number of carbonyl (C=O) groups excluding carboxylic acids is 1. The molecule has 0 aliphatic carbocycles. The molecule has 116 valence electrons. The van der Waals surface area contributed by atoms with E-state index >= 15 is 0 Å². The molecule has 5 heteroatoms. The summed E-state index contributed by atoms with van der Waals surface area (Å²) in [6.07, 6.45) is 4.27. The molecule has 1 aromatic heterocycles. The molecule has 0 bridgehead atoms. The number of amides is 1. The first-order valence-corrected chi connectivity index (χ1v) is 7.65. The molecule has 1 aliphatic heterocycles. The third kappa shape index (κ3) is 3.74. The Labute approximate surface area is 135 Å². The molecule has 1 aromatic carbocycles. The first-order chi connectivity index (χ1) is 11.3. The van der Waals surface area contributed by atoms with Crippen LogP contribution in [-0.4, -0.2) is 22.3 Å². The highest BCUT2D eigenvalue weighted by atomic mass is 16.1. The molecular formula is C18H18N4O. The summed E-state index contributed by atoms with van der Waals surface area (Å²) >= 11 is 0. The predicted molar refractivity (Wildman–Crippen MR) is 87.4 cm³/mol. The van der Waals surface area contributed by atoms with Crippen LogP contribution in [0.4, 0.5) is 5.69 Å². The van der Waals surface area contributed by atoms with Gasteiger partial charge in [0.1, 0.15) is 6.42 Å². The van der Waals surface area contributed by atoms with E-state index in [9.17, 15) is 4.79 Å². The molecule has 0 saturated carbocycles. The van der Waals surface area contributed by atoms with E-state index in [0.29, 0.717) is 0 Å². The molecule has 0 unspecified atom stereocenters. The van der Waals surface area contributed by atoms with Crippen LogP contribution in [0.1, 0.15) is 23.1 Å². The van der Waals surface area contributed by atoms with Crippen molar-refractivity contribution in [3.05, 3.63) is 59.4 Å². The largest absolute Gasteiger partial charge is 0.324 e. The summed E-state index contributed by atoms with van der Waals surface area (Å²) in [5.74, 6) is -0.283. The molecule has 5 nitrogen and oxygen atoms in total. The van der Waals surface area contributed by atoms with E-state index < -0.39 is 0 Å². The molecule has 1 N–H and O–H groups in total. The lowest BCUT2D eigenvalue weighted by atomic mass is 9.99. The standard InChI is InChI=1S/C18H18N4O/c19-8-6-18(23)21-17-11-20-10-15-13-22(9-7-16(15)17)12-14-4-2-1-3-5-14/h1-5,10-11H,6-7,9,12-13H2,(H,21,23). The zero-order valence-corrected chi connectivity index (χ0v) is 12.8. The fourth-order valence-corrected chi connectivity index (χ4v) is 2.90. The highest BCUT2D eigenvalue weighted by Gasteiger charge is 2.20. The number of rotatable bonds is 4. The number of hydrogen-bond donors (Lipinski definition) is 1. The van der Waals surface area contributed by atoms with Crippen LogP contribution in [-0.2, 0) is 24.3 Å². The number of benzene rings is 1. The van der Waals surface area contributed by atoms with Gasteiger partial charge in [0, 0.05) is 25.8 Å². The maximum absolute atomic E-state index is 11.6. The predicted octanol–water partition coefficient (Wildman–Crippen LogP) is 2.49. The van der Waals surface area contributed by atoms with Crippen molar-refractivity contribution >= 4 is 11.6 Å². The fraction of sp³-hybridized carbons (Fsp3) is 0.278. The number of fused-ring (bicyclic) bond motifs is 1. The molecule has 0 atom stereocenters. The fourth-order valence-electron chi connectivity index (χ4n) is 2.90. The number of nitrogens with zero attached hydrogens (tertiary/aromatic N) is 3.